The first-order valence-electron chi connectivity index (χ1n) is 6.24. The Balaban J connectivity index is 2.37. The second-order valence-corrected chi connectivity index (χ2v) is 4.75. The number of carbonyl (C=O) groups is 1. The zero-order valence-electron chi connectivity index (χ0n) is 10.4. The number of carboxylic acid groups (broad SMARTS) is 1. The summed E-state index contributed by atoms with van der Waals surface area (Å²) in [6.07, 6.45) is 3.42. The highest BCUT2D eigenvalue weighted by Gasteiger charge is 2.30. The molecule has 1 aromatic carbocycles. The van der Waals surface area contributed by atoms with Gasteiger partial charge in [0.15, 0.2) is 0 Å². The van der Waals surface area contributed by atoms with Gasteiger partial charge in [-0.1, -0.05) is 18.6 Å². The fraction of sp³-hybridized carbons (Fsp3) is 0.500. The summed E-state index contributed by atoms with van der Waals surface area (Å²) in [5.74, 6) is -0.828. The van der Waals surface area contributed by atoms with Gasteiger partial charge in [0.1, 0.15) is 0 Å². The van der Waals surface area contributed by atoms with Crippen LogP contribution in [0.1, 0.15) is 42.1 Å². The smallest absolute Gasteiger partial charge is 0.337 e. The molecule has 2 rings (SSSR count). The van der Waals surface area contributed by atoms with Crippen LogP contribution in [-0.4, -0.2) is 23.7 Å². The van der Waals surface area contributed by atoms with Crippen molar-refractivity contribution in [2.45, 2.75) is 39.2 Å². The van der Waals surface area contributed by atoms with E-state index in [1.54, 1.807) is 6.07 Å². The van der Waals surface area contributed by atoms with Gasteiger partial charge in [0, 0.05) is 12.6 Å². The third kappa shape index (κ3) is 2.60. The van der Waals surface area contributed by atoms with Gasteiger partial charge in [-0.3, -0.25) is 0 Å². The van der Waals surface area contributed by atoms with E-state index in [0.717, 1.165) is 24.2 Å². The quantitative estimate of drug-likeness (QED) is 0.849. The SMILES string of the molecule is CCCN(c1ccc(C)cc1C(=O)O)C1CC1. The van der Waals surface area contributed by atoms with Gasteiger partial charge >= 0.3 is 5.97 Å². The van der Waals surface area contributed by atoms with Crippen LogP contribution in [-0.2, 0) is 0 Å². The maximum atomic E-state index is 11.3. The van der Waals surface area contributed by atoms with E-state index in [4.69, 9.17) is 0 Å². The minimum Gasteiger partial charge on any atom is -0.478 e. The molecule has 1 aliphatic rings. The molecule has 17 heavy (non-hydrogen) atoms. The molecule has 0 spiro atoms. The lowest BCUT2D eigenvalue weighted by atomic mass is 10.1. The molecule has 1 aromatic rings. The van der Waals surface area contributed by atoms with E-state index in [0.29, 0.717) is 11.6 Å². The first-order chi connectivity index (χ1) is 8.13. The van der Waals surface area contributed by atoms with E-state index in [-0.39, 0.29) is 0 Å². The molecule has 1 aliphatic carbocycles. The summed E-state index contributed by atoms with van der Waals surface area (Å²) in [5, 5.41) is 9.28. The highest BCUT2D eigenvalue weighted by molar-refractivity contribution is 5.94. The third-order valence-corrected chi connectivity index (χ3v) is 3.14. The van der Waals surface area contributed by atoms with Gasteiger partial charge in [0.2, 0.25) is 0 Å². The van der Waals surface area contributed by atoms with Crippen LogP contribution in [0.3, 0.4) is 0 Å². The van der Waals surface area contributed by atoms with E-state index < -0.39 is 5.97 Å². The summed E-state index contributed by atoms with van der Waals surface area (Å²) in [7, 11) is 0. The van der Waals surface area contributed by atoms with E-state index in [2.05, 4.69) is 11.8 Å². The molecular weight excluding hydrogens is 214 g/mol. The molecule has 0 unspecified atom stereocenters. The van der Waals surface area contributed by atoms with Crippen LogP contribution in [0.2, 0.25) is 0 Å². The first kappa shape index (κ1) is 12.0. The number of aryl methyl sites for hydroxylation is 1. The molecular formula is C14H19NO2. The first-order valence-corrected chi connectivity index (χ1v) is 6.24. The van der Waals surface area contributed by atoms with E-state index >= 15 is 0 Å². The number of benzene rings is 1. The Bertz CT molecular complexity index is 424. The third-order valence-electron chi connectivity index (χ3n) is 3.14. The Morgan fingerprint density at radius 2 is 2.18 bits per heavy atom. The van der Waals surface area contributed by atoms with Gasteiger partial charge in [-0.25, -0.2) is 4.79 Å². The molecule has 0 atom stereocenters. The summed E-state index contributed by atoms with van der Waals surface area (Å²) in [6, 6.07) is 6.26. The lowest BCUT2D eigenvalue weighted by molar-refractivity contribution is 0.0697. The summed E-state index contributed by atoms with van der Waals surface area (Å²) in [5.41, 5.74) is 2.32. The normalized spacial score (nSPS) is 14.7. The van der Waals surface area contributed by atoms with Gasteiger partial charge < -0.3 is 10.0 Å². The van der Waals surface area contributed by atoms with Crippen LogP contribution in [0.5, 0.6) is 0 Å². The number of nitrogens with zero attached hydrogens (tertiary/aromatic N) is 1. The average Bonchev–Trinajstić information content (AvgIpc) is 3.10. The molecule has 0 heterocycles. The van der Waals surface area contributed by atoms with Gasteiger partial charge in [0.05, 0.1) is 11.3 Å². The molecule has 1 fully saturated rings. The molecule has 3 nitrogen and oxygen atoms in total. The van der Waals surface area contributed by atoms with E-state index in [9.17, 15) is 9.90 Å². The van der Waals surface area contributed by atoms with Crippen LogP contribution in [0.4, 0.5) is 5.69 Å². The minimum atomic E-state index is -0.828. The maximum absolute atomic E-state index is 11.3. The standard InChI is InChI=1S/C14H19NO2/c1-3-8-15(11-5-6-11)13-7-4-10(2)9-12(13)14(16)17/h4,7,9,11H,3,5-6,8H2,1-2H3,(H,16,17). The highest BCUT2D eigenvalue weighted by Crippen LogP contribution is 2.34. The molecule has 1 saturated carbocycles. The molecule has 0 aromatic heterocycles. The number of aromatic carboxylic acids is 1. The van der Waals surface area contributed by atoms with Crippen LogP contribution in [0.25, 0.3) is 0 Å². The fourth-order valence-corrected chi connectivity index (χ4v) is 2.20. The lowest BCUT2D eigenvalue weighted by Crippen LogP contribution is -2.28. The predicted molar refractivity (Wildman–Crippen MR) is 68.8 cm³/mol. The summed E-state index contributed by atoms with van der Waals surface area (Å²) in [6.45, 7) is 5.00. The van der Waals surface area contributed by atoms with Crippen molar-refractivity contribution in [3.05, 3.63) is 29.3 Å². The van der Waals surface area contributed by atoms with Crippen molar-refractivity contribution < 1.29 is 9.90 Å². The van der Waals surface area contributed by atoms with Gasteiger partial charge in [-0.15, -0.1) is 0 Å². The minimum absolute atomic E-state index is 0.436. The molecule has 0 radical (unpaired) electrons. The van der Waals surface area contributed by atoms with Crippen LogP contribution >= 0.6 is 0 Å². The second kappa shape index (κ2) is 4.78. The predicted octanol–water partition coefficient (Wildman–Crippen LogP) is 3.07. The van der Waals surface area contributed by atoms with Crippen molar-refractivity contribution in [1.29, 1.82) is 0 Å². The zero-order valence-corrected chi connectivity index (χ0v) is 10.4. The average molecular weight is 233 g/mol. The molecule has 92 valence electrons. The molecule has 0 saturated heterocycles. The topological polar surface area (TPSA) is 40.5 Å². The van der Waals surface area contributed by atoms with Gasteiger partial charge in [-0.05, 0) is 38.3 Å². The largest absolute Gasteiger partial charge is 0.478 e. The Labute approximate surface area is 102 Å². The van der Waals surface area contributed by atoms with E-state index in [1.807, 2.05) is 19.1 Å². The summed E-state index contributed by atoms with van der Waals surface area (Å²) in [4.78, 5) is 13.6. The Kier molecular flexibility index (Phi) is 3.36. The molecule has 0 amide bonds. The zero-order chi connectivity index (χ0) is 12.4. The number of carboxylic acids is 1. The van der Waals surface area contributed by atoms with Gasteiger partial charge in [-0.2, -0.15) is 0 Å². The van der Waals surface area contributed by atoms with Crippen LogP contribution in [0.15, 0.2) is 18.2 Å². The summed E-state index contributed by atoms with van der Waals surface area (Å²) >= 11 is 0. The Morgan fingerprint density at radius 1 is 1.47 bits per heavy atom. The molecule has 0 bridgehead atoms. The number of rotatable bonds is 5. The van der Waals surface area contributed by atoms with E-state index in [1.165, 1.54) is 12.8 Å². The fourth-order valence-electron chi connectivity index (χ4n) is 2.20. The molecule has 1 N–H and O–H groups in total. The van der Waals surface area contributed by atoms with Crippen molar-refractivity contribution in [3.8, 4) is 0 Å². The highest BCUT2D eigenvalue weighted by atomic mass is 16.4. The number of anilines is 1. The number of hydrogen-bond acceptors (Lipinski definition) is 2. The lowest BCUT2D eigenvalue weighted by Gasteiger charge is -2.26. The van der Waals surface area contributed by atoms with Crippen molar-refractivity contribution >= 4 is 11.7 Å². The second-order valence-electron chi connectivity index (χ2n) is 4.75. The summed E-state index contributed by atoms with van der Waals surface area (Å²) < 4.78 is 0. The maximum Gasteiger partial charge on any atom is 0.337 e. The Hall–Kier alpha value is -1.51. The Morgan fingerprint density at radius 3 is 2.71 bits per heavy atom. The van der Waals surface area contributed by atoms with Crippen molar-refractivity contribution in [2.24, 2.45) is 0 Å². The van der Waals surface area contributed by atoms with Crippen molar-refractivity contribution in [3.63, 3.8) is 0 Å². The van der Waals surface area contributed by atoms with Crippen LogP contribution < -0.4 is 4.90 Å². The monoisotopic (exact) mass is 233 g/mol. The van der Waals surface area contributed by atoms with Gasteiger partial charge in [0.25, 0.3) is 0 Å². The number of hydrogen-bond donors (Lipinski definition) is 1. The van der Waals surface area contributed by atoms with Crippen molar-refractivity contribution in [2.75, 3.05) is 11.4 Å². The molecule has 3 heteroatoms. The van der Waals surface area contributed by atoms with Crippen LogP contribution in [0, 0.1) is 6.92 Å². The van der Waals surface area contributed by atoms with Crippen molar-refractivity contribution in [1.82, 2.24) is 0 Å². The molecule has 0 aliphatic heterocycles.